The Kier molecular flexibility index (Phi) is 6.25. The van der Waals surface area contributed by atoms with Gasteiger partial charge in [-0.25, -0.2) is 4.39 Å². The standard InChI is InChI=1S/C15H24FNO2/c1-15(2,3)8-9-17-10-13(18)11-19-14-6-4-12(16)5-7-14/h4-7,13,17-18H,8-11H2,1-3H3. The first-order valence-electron chi connectivity index (χ1n) is 6.64. The first-order valence-corrected chi connectivity index (χ1v) is 6.64. The Bertz CT molecular complexity index is 359. The molecule has 0 aliphatic carbocycles. The fraction of sp³-hybridized carbons (Fsp3) is 0.600. The highest BCUT2D eigenvalue weighted by atomic mass is 19.1. The number of hydrogen-bond acceptors (Lipinski definition) is 3. The summed E-state index contributed by atoms with van der Waals surface area (Å²) in [7, 11) is 0. The smallest absolute Gasteiger partial charge is 0.123 e. The molecule has 0 aliphatic heterocycles. The van der Waals surface area contributed by atoms with E-state index in [1.54, 1.807) is 12.1 Å². The van der Waals surface area contributed by atoms with Crippen molar-refractivity contribution in [3.8, 4) is 5.75 Å². The van der Waals surface area contributed by atoms with Gasteiger partial charge in [-0.3, -0.25) is 0 Å². The molecule has 1 aromatic carbocycles. The summed E-state index contributed by atoms with van der Waals surface area (Å²) in [5.41, 5.74) is 0.294. The van der Waals surface area contributed by atoms with Crippen molar-refractivity contribution in [2.24, 2.45) is 5.41 Å². The number of nitrogens with one attached hydrogen (secondary N) is 1. The van der Waals surface area contributed by atoms with Gasteiger partial charge in [-0.15, -0.1) is 0 Å². The second kappa shape index (κ2) is 7.46. The Hall–Kier alpha value is -1.13. The molecule has 0 aliphatic rings. The van der Waals surface area contributed by atoms with E-state index in [1.165, 1.54) is 12.1 Å². The van der Waals surface area contributed by atoms with Crippen LogP contribution < -0.4 is 10.1 Å². The maximum atomic E-state index is 12.7. The second-order valence-electron chi connectivity index (χ2n) is 5.93. The van der Waals surface area contributed by atoms with E-state index in [9.17, 15) is 9.50 Å². The van der Waals surface area contributed by atoms with Crippen molar-refractivity contribution in [1.82, 2.24) is 5.32 Å². The minimum Gasteiger partial charge on any atom is -0.491 e. The fourth-order valence-corrected chi connectivity index (χ4v) is 1.51. The van der Waals surface area contributed by atoms with Crippen LogP contribution in [0.1, 0.15) is 27.2 Å². The lowest BCUT2D eigenvalue weighted by atomic mass is 9.92. The van der Waals surface area contributed by atoms with Crippen molar-refractivity contribution in [3.05, 3.63) is 30.1 Å². The number of ether oxygens (including phenoxy) is 1. The molecule has 0 aromatic heterocycles. The maximum absolute atomic E-state index is 12.7. The monoisotopic (exact) mass is 269 g/mol. The van der Waals surface area contributed by atoms with Crippen molar-refractivity contribution in [3.63, 3.8) is 0 Å². The molecular weight excluding hydrogens is 245 g/mol. The van der Waals surface area contributed by atoms with Gasteiger partial charge in [0.2, 0.25) is 0 Å². The predicted octanol–water partition coefficient (Wildman–Crippen LogP) is 2.59. The van der Waals surface area contributed by atoms with Crippen LogP contribution in [0.2, 0.25) is 0 Å². The molecule has 4 heteroatoms. The van der Waals surface area contributed by atoms with E-state index in [-0.39, 0.29) is 12.4 Å². The summed E-state index contributed by atoms with van der Waals surface area (Å²) in [6.07, 6.45) is 0.489. The van der Waals surface area contributed by atoms with Crippen LogP contribution in [-0.2, 0) is 0 Å². The van der Waals surface area contributed by atoms with Gasteiger partial charge in [-0.05, 0) is 42.6 Å². The Morgan fingerprint density at radius 1 is 1.26 bits per heavy atom. The van der Waals surface area contributed by atoms with Crippen LogP contribution >= 0.6 is 0 Å². The third-order valence-corrected chi connectivity index (χ3v) is 2.69. The van der Waals surface area contributed by atoms with Crippen LogP contribution in [0.15, 0.2) is 24.3 Å². The molecule has 1 aromatic rings. The van der Waals surface area contributed by atoms with Crippen LogP contribution in [0.5, 0.6) is 5.75 Å². The lowest BCUT2D eigenvalue weighted by Gasteiger charge is -2.19. The first-order chi connectivity index (χ1) is 8.87. The van der Waals surface area contributed by atoms with E-state index >= 15 is 0 Å². The summed E-state index contributed by atoms with van der Waals surface area (Å²) in [5.74, 6) is 0.270. The molecule has 108 valence electrons. The Morgan fingerprint density at radius 2 is 1.89 bits per heavy atom. The van der Waals surface area contributed by atoms with E-state index in [0.717, 1.165) is 13.0 Å². The Balaban J connectivity index is 2.14. The van der Waals surface area contributed by atoms with Gasteiger partial charge >= 0.3 is 0 Å². The molecule has 0 saturated heterocycles. The molecule has 0 saturated carbocycles. The van der Waals surface area contributed by atoms with Gasteiger partial charge in [0.05, 0.1) is 0 Å². The maximum Gasteiger partial charge on any atom is 0.123 e. The lowest BCUT2D eigenvalue weighted by molar-refractivity contribution is 0.105. The Morgan fingerprint density at radius 3 is 2.47 bits per heavy atom. The van der Waals surface area contributed by atoms with Crippen molar-refractivity contribution in [1.29, 1.82) is 0 Å². The lowest BCUT2D eigenvalue weighted by Crippen LogP contribution is -2.33. The molecule has 2 N–H and O–H groups in total. The van der Waals surface area contributed by atoms with Crippen LogP contribution in [0, 0.1) is 11.2 Å². The van der Waals surface area contributed by atoms with Crippen LogP contribution in [0.25, 0.3) is 0 Å². The topological polar surface area (TPSA) is 41.5 Å². The summed E-state index contributed by atoms with van der Waals surface area (Å²) in [4.78, 5) is 0. The molecule has 0 amide bonds. The highest BCUT2D eigenvalue weighted by molar-refractivity contribution is 5.22. The summed E-state index contributed by atoms with van der Waals surface area (Å²) >= 11 is 0. The van der Waals surface area contributed by atoms with Crippen LogP contribution in [0.4, 0.5) is 4.39 Å². The van der Waals surface area contributed by atoms with Crippen LogP contribution in [-0.4, -0.2) is 30.9 Å². The minimum atomic E-state index is -0.565. The average Bonchev–Trinajstić information content (AvgIpc) is 2.33. The van der Waals surface area contributed by atoms with Crippen molar-refractivity contribution < 1.29 is 14.2 Å². The van der Waals surface area contributed by atoms with E-state index in [2.05, 4.69) is 26.1 Å². The number of halogens is 1. The predicted molar refractivity (Wildman–Crippen MR) is 74.8 cm³/mol. The molecule has 0 radical (unpaired) electrons. The van der Waals surface area contributed by atoms with E-state index in [4.69, 9.17) is 4.74 Å². The third-order valence-electron chi connectivity index (χ3n) is 2.69. The second-order valence-corrected chi connectivity index (χ2v) is 5.93. The zero-order valence-corrected chi connectivity index (χ0v) is 11.9. The molecule has 0 fully saturated rings. The van der Waals surface area contributed by atoms with E-state index in [0.29, 0.717) is 17.7 Å². The molecule has 3 nitrogen and oxygen atoms in total. The summed E-state index contributed by atoms with van der Waals surface area (Å²) in [6.45, 7) is 8.12. The summed E-state index contributed by atoms with van der Waals surface area (Å²) in [6, 6.07) is 5.77. The first kappa shape index (κ1) is 15.9. The average molecular weight is 269 g/mol. The van der Waals surface area contributed by atoms with Crippen molar-refractivity contribution in [2.75, 3.05) is 19.7 Å². The SMILES string of the molecule is CC(C)(C)CCNCC(O)COc1ccc(F)cc1. The molecule has 0 bridgehead atoms. The molecule has 0 spiro atoms. The zero-order valence-electron chi connectivity index (χ0n) is 11.9. The van der Waals surface area contributed by atoms with E-state index in [1.807, 2.05) is 0 Å². The van der Waals surface area contributed by atoms with Crippen LogP contribution in [0.3, 0.4) is 0 Å². The van der Waals surface area contributed by atoms with Gasteiger partial charge in [-0.1, -0.05) is 20.8 Å². The quantitative estimate of drug-likeness (QED) is 0.748. The molecule has 1 atom stereocenters. The number of benzene rings is 1. The molecule has 19 heavy (non-hydrogen) atoms. The highest BCUT2D eigenvalue weighted by Crippen LogP contribution is 2.16. The third kappa shape index (κ3) is 7.80. The Labute approximate surface area is 114 Å². The van der Waals surface area contributed by atoms with Crippen molar-refractivity contribution in [2.45, 2.75) is 33.3 Å². The number of rotatable bonds is 7. The molecule has 0 heterocycles. The van der Waals surface area contributed by atoms with Gasteiger partial charge < -0.3 is 15.2 Å². The fourth-order valence-electron chi connectivity index (χ4n) is 1.51. The number of aliphatic hydroxyl groups is 1. The van der Waals surface area contributed by atoms with Gasteiger partial charge in [0.1, 0.15) is 24.3 Å². The number of aliphatic hydroxyl groups excluding tert-OH is 1. The molecular formula is C15H24FNO2. The minimum absolute atomic E-state index is 0.203. The molecule has 1 rings (SSSR count). The highest BCUT2D eigenvalue weighted by Gasteiger charge is 2.10. The van der Waals surface area contributed by atoms with E-state index < -0.39 is 6.10 Å². The molecule has 1 unspecified atom stereocenters. The largest absolute Gasteiger partial charge is 0.491 e. The van der Waals surface area contributed by atoms with Crippen molar-refractivity contribution >= 4 is 0 Å². The normalized spacial score (nSPS) is 13.3. The van der Waals surface area contributed by atoms with Gasteiger partial charge in [0, 0.05) is 6.54 Å². The summed E-state index contributed by atoms with van der Waals surface area (Å²) < 4.78 is 18.0. The number of hydrogen-bond donors (Lipinski definition) is 2. The van der Waals surface area contributed by atoms with Gasteiger partial charge in [0.15, 0.2) is 0 Å². The summed E-state index contributed by atoms with van der Waals surface area (Å²) in [5, 5.41) is 12.9. The van der Waals surface area contributed by atoms with Gasteiger partial charge in [0.25, 0.3) is 0 Å². The van der Waals surface area contributed by atoms with Gasteiger partial charge in [-0.2, -0.15) is 0 Å². The zero-order chi connectivity index (χ0) is 14.3.